The topological polar surface area (TPSA) is 77.0 Å². The fourth-order valence-corrected chi connectivity index (χ4v) is 3.82. The van der Waals surface area contributed by atoms with Gasteiger partial charge in [0.1, 0.15) is 5.01 Å². The smallest absolute Gasteiger partial charge is 0.306 e. The van der Waals surface area contributed by atoms with Gasteiger partial charge in [0, 0.05) is 41.4 Å². The van der Waals surface area contributed by atoms with E-state index in [1.165, 1.54) is 4.68 Å². The van der Waals surface area contributed by atoms with E-state index in [0.717, 1.165) is 21.1 Å². The first-order chi connectivity index (χ1) is 12.6. The molecule has 0 bridgehead atoms. The minimum Gasteiger partial charge on any atom is -0.466 e. The average molecular weight is 371 g/mol. The molecule has 1 aromatic carbocycles. The SMILES string of the molecule is CCOC(=O)CC(Cc1cc(=O)n(C)[nH]1)c1cnc(-c2ccccc2)s1. The van der Waals surface area contributed by atoms with Gasteiger partial charge in [-0.3, -0.25) is 19.4 Å². The van der Waals surface area contributed by atoms with Crippen molar-refractivity contribution in [2.45, 2.75) is 25.7 Å². The van der Waals surface area contributed by atoms with Crippen molar-refractivity contribution in [1.29, 1.82) is 0 Å². The number of thiazole rings is 1. The van der Waals surface area contributed by atoms with E-state index in [9.17, 15) is 9.59 Å². The lowest BCUT2D eigenvalue weighted by atomic mass is 9.98. The molecule has 0 saturated heterocycles. The number of carbonyl (C=O) groups excluding carboxylic acids is 1. The van der Waals surface area contributed by atoms with Crippen LogP contribution in [0.4, 0.5) is 0 Å². The van der Waals surface area contributed by atoms with Crippen LogP contribution >= 0.6 is 11.3 Å². The van der Waals surface area contributed by atoms with E-state index < -0.39 is 0 Å². The number of ether oxygens (including phenoxy) is 1. The van der Waals surface area contributed by atoms with Crippen molar-refractivity contribution >= 4 is 17.3 Å². The molecular weight excluding hydrogens is 350 g/mol. The zero-order chi connectivity index (χ0) is 18.5. The molecule has 2 heterocycles. The number of aromatic amines is 1. The van der Waals surface area contributed by atoms with Gasteiger partial charge >= 0.3 is 5.97 Å². The number of benzene rings is 1. The molecule has 0 spiro atoms. The molecule has 136 valence electrons. The molecule has 0 fully saturated rings. The highest BCUT2D eigenvalue weighted by Gasteiger charge is 2.21. The van der Waals surface area contributed by atoms with Crippen LogP contribution in [0, 0.1) is 0 Å². The van der Waals surface area contributed by atoms with Crippen LogP contribution in [-0.2, 0) is 23.0 Å². The lowest BCUT2D eigenvalue weighted by molar-refractivity contribution is -0.143. The quantitative estimate of drug-likeness (QED) is 0.648. The van der Waals surface area contributed by atoms with Crippen LogP contribution in [0.1, 0.15) is 29.8 Å². The van der Waals surface area contributed by atoms with Gasteiger partial charge in [-0.1, -0.05) is 30.3 Å². The molecule has 2 aromatic heterocycles. The molecule has 0 radical (unpaired) electrons. The largest absolute Gasteiger partial charge is 0.466 e. The van der Waals surface area contributed by atoms with Crippen LogP contribution in [0.2, 0.25) is 0 Å². The summed E-state index contributed by atoms with van der Waals surface area (Å²) in [5, 5.41) is 3.94. The third kappa shape index (κ3) is 4.29. The number of aromatic nitrogens is 3. The first-order valence-electron chi connectivity index (χ1n) is 8.48. The Labute approximate surface area is 155 Å². The van der Waals surface area contributed by atoms with Crippen molar-refractivity contribution in [1.82, 2.24) is 14.8 Å². The van der Waals surface area contributed by atoms with Crippen LogP contribution in [0.5, 0.6) is 0 Å². The van der Waals surface area contributed by atoms with Crippen molar-refractivity contribution in [3.8, 4) is 10.6 Å². The number of hydrogen-bond donors (Lipinski definition) is 1. The Balaban J connectivity index is 1.86. The molecular formula is C19H21N3O3S. The number of rotatable bonds is 7. The van der Waals surface area contributed by atoms with Crippen LogP contribution in [-0.4, -0.2) is 27.3 Å². The van der Waals surface area contributed by atoms with Gasteiger partial charge in [0.25, 0.3) is 5.56 Å². The van der Waals surface area contributed by atoms with E-state index in [1.54, 1.807) is 31.4 Å². The molecule has 26 heavy (non-hydrogen) atoms. The lowest BCUT2D eigenvalue weighted by Gasteiger charge is -2.13. The summed E-state index contributed by atoms with van der Waals surface area (Å²) in [7, 11) is 1.67. The van der Waals surface area contributed by atoms with Crippen LogP contribution in [0.25, 0.3) is 10.6 Å². The molecule has 1 unspecified atom stereocenters. The highest BCUT2D eigenvalue weighted by atomic mass is 32.1. The monoisotopic (exact) mass is 371 g/mol. The predicted molar refractivity (Wildman–Crippen MR) is 101 cm³/mol. The van der Waals surface area contributed by atoms with Gasteiger partial charge in [0.2, 0.25) is 0 Å². The first kappa shape index (κ1) is 18.1. The maximum Gasteiger partial charge on any atom is 0.306 e. The molecule has 1 atom stereocenters. The Hall–Kier alpha value is -2.67. The minimum atomic E-state index is -0.245. The fraction of sp³-hybridized carbons (Fsp3) is 0.316. The van der Waals surface area contributed by atoms with Crippen molar-refractivity contribution in [3.63, 3.8) is 0 Å². The van der Waals surface area contributed by atoms with E-state index in [2.05, 4.69) is 10.1 Å². The van der Waals surface area contributed by atoms with Crippen molar-refractivity contribution in [2.24, 2.45) is 7.05 Å². The number of esters is 1. The molecule has 3 aromatic rings. The van der Waals surface area contributed by atoms with Crippen LogP contribution in [0.15, 0.2) is 47.4 Å². The number of nitrogens with zero attached hydrogens (tertiary/aromatic N) is 2. The second-order valence-electron chi connectivity index (χ2n) is 6.02. The van der Waals surface area contributed by atoms with E-state index in [-0.39, 0.29) is 23.9 Å². The van der Waals surface area contributed by atoms with Gasteiger partial charge in [-0.05, 0) is 13.3 Å². The summed E-state index contributed by atoms with van der Waals surface area (Å²) < 4.78 is 6.55. The predicted octanol–water partition coefficient (Wildman–Crippen LogP) is 3.12. The van der Waals surface area contributed by atoms with Crippen molar-refractivity contribution in [2.75, 3.05) is 6.61 Å². The van der Waals surface area contributed by atoms with E-state index in [1.807, 2.05) is 36.5 Å². The number of nitrogens with one attached hydrogen (secondary N) is 1. The van der Waals surface area contributed by atoms with Gasteiger partial charge in [-0.15, -0.1) is 11.3 Å². The average Bonchev–Trinajstić information content (AvgIpc) is 3.23. The first-order valence-corrected chi connectivity index (χ1v) is 9.30. The highest BCUT2D eigenvalue weighted by Crippen LogP contribution is 2.33. The van der Waals surface area contributed by atoms with Crippen molar-refractivity contribution in [3.05, 3.63) is 63.5 Å². The molecule has 0 aliphatic heterocycles. The third-order valence-electron chi connectivity index (χ3n) is 4.07. The Morgan fingerprint density at radius 1 is 1.35 bits per heavy atom. The standard InChI is InChI=1S/C19H21N3O3S/c1-3-25-18(24)10-14(9-15-11-17(23)22(2)21-15)16-12-20-19(26-16)13-7-5-4-6-8-13/h4-8,11-12,14,21H,3,9-10H2,1-2H3. The Kier molecular flexibility index (Phi) is 5.68. The van der Waals surface area contributed by atoms with Gasteiger partial charge in [0.05, 0.1) is 13.0 Å². The summed E-state index contributed by atoms with van der Waals surface area (Å²) in [5.74, 6) is -0.340. The summed E-state index contributed by atoms with van der Waals surface area (Å²) >= 11 is 1.57. The minimum absolute atomic E-state index is 0.0934. The van der Waals surface area contributed by atoms with E-state index >= 15 is 0 Å². The summed E-state index contributed by atoms with van der Waals surface area (Å²) in [6.07, 6.45) is 2.62. The number of hydrogen-bond acceptors (Lipinski definition) is 5. The van der Waals surface area contributed by atoms with Gasteiger partial charge in [-0.25, -0.2) is 4.98 Å². The van der Waals surface area contributed by atoms with Gasteiger partial charge in [-0.2, -0.15) is 0 Å². The zero-order valence-electron chi connectivity index (χ0n) is 14.8. The molecule has 7 heteroatoms. The van der Waals surface area contributed by atoms with Gasteiger partial charge < -0.3 is 4.74 Å². The molecule has 1 N–H and O–H groups in total. The number of carbonyl (C=O) groups is 1. The third-order valence-corrected chi connectivity index (χ3v) is 5.28. The Morgan fingerprint density at radius 2 is 2.12 bits per heavy atom. The second kappa shape index (κ2) is 8.14. The summed E-state index contributed by atoms with van der Waals surface area (Å²) in [6, 6.07) is 11.5. The normalized spacial score (nSPS) is 12.1. The number of aryl methyl sites for hydroxylation is 1. The van der Waals surface area contributed by atoms with E-state index in [0.29, 0.717) is 13.0 Å². The van der Waals surface area contributed by atoms with Gasteiger partial charge in [0.15, 0.2) is 0 Å². The van der Waals surface area contributed by atoms with E-state index in [4.69, 9.17) is 4.74 Å². The molecule has 3 rings (SSSR count). The maximum absolute atomic E-state index is 12.1. The molecule has 0 aliphatic carbocycles. The summed E-state index contributed by atoms with van der Waals surface area (Å²) in [6.45, 7) is 2.15. The van der Waals surface area contributed by atoms with Crippen LogP contribution < -0.4 is 5.56 Å². The molecule has 6 nitrogen and oxygen atoms in total. The summed E-state index contributed by atoms with van der Waals surface area (Å²) in [5.41, 5.74) is 1.75. The Morgan fingerprint density at radius 3 is 2.77 bits per heavy atom. The second-order valence-corrected chi connectivity index (χ2v) is 7.08. The lowest BCUT2D eigenvalue weighted by Crippen LogP contribution is -2.12. The molecule has 0 aliphatic rings. The maximum atomic E-state index is 12.1. The Bertz CT molecular complexity index is 927. The zero-order valence-corrected chi connectivity index (χ0v) is 15.6. The molecule has 0 saturated carbocycles. The summed E-state index contributed by atoms with van der Waals surface area (Å²) in [4.78, 5) is 29.3. The highest BCUT2D eigenvalue weighted by molar-refractivity contribution is 7.15. The number of H-pyrrole nitrogens is 1. The van der Waals surface area contributed by atoms with Crippen molar-refractivity contribution < 1.29 is 9.53 Å². The molecule has 0 amide bonds. The van der Waals surface area contributed by atoms with Crippen LogP contribution in [0.3, 0.4) is 0 Å². The fourth-order valence-electron chi connectivity index (χ4n) is 2.80.